The number of carbonyl (C=O) groups excluding carboxylic acids is 1. The van der Waals surface area contributed by atoms with Gasteiger partial charge in [0.1, 0.15) is 6.29 Å². The Kier molecular flexibility index (Phi) is 5.35. The van der Waals surface area contributed by atoms with Crippen molar-refractivity contribution in [1.82, 2.24) is 0 Å². The number of hydrogen-bond donors (Lipinski definition) is 0. The standard InChI is InChI=1S/C14H26O/c1-4-11(2)13-5-7-14(8-6-13)12(3)9-10-15/h10-14H,4-9H2,1-3H3. The van der Waals surface area contributed by atoms with Crippen molar-refractivity contribution in [3.63, 3.8) is 0 Å². The van der Waals surface area contributed by atoms with Crippen LogP contribution in [0.4, 0.5) is 0 Å². The van der Waals surface area contributed by atoms with Crippen molar-refractivity contribution < 1.29 is 4.79 Å². The summed E-state index contributed by atoms with van der Waals surface area (Å²) in [6.07, 6.45) is 8.66. The summed E-state index contributed by atoms with van der Waals surface area (Å²) < 4.78 is 0. The molecule has 1 aliphatic carbocycles. The molecule has 0 N–H and O–H groups in total. The molecule has 0 aromatic heterocycles. The molecule has 0 bridgehead atoms. The minimum absolute atomic E-state index is 0.611. The molecule has 1 aliphatic rings. The fraction of sp³-hybridized carbons (Fsp3) is 0.929. The molecule has 0 spiro atoms. The fourth-order valence-electron chi connectivity index (χ4n) is 2.96. The molecule has 0 radical (unpaired) electrons. The van der Waals surface area contributed by atoms with Crippen molar-refractivity contribution in [3.05, 3.63) is 0 Å². The van der Waals surface area contributed by atoms with Gasteiger partial charge in [0.2, 0.25) is 0 Å². The van der Waals surface area contributed by atoms with Crippen LogP contribution in [0.15, 0.2) is 0 Å². The summed E-state index contributed by atoms with van der Waals surface area (Å²) in [4.78, 5) is 10.5. The van der Waals surface area contributed by atoms with Crippen LogP contribution in [-0.4, -0.2) is 6.29 Å². The first-order chi connectivity index (χ1) is 7.19. The summed E-state index contributed by atoms with van der Waals surface area (Å²) in [5.74, 6) is 3.28. The lowest BCUT2D eigenvalue weighted by Crippen LogP contribution is -2.23. The van der Waals surface area contributed by atoms with Gasteiger partial charge in [-0.15, -0.1) is 0 Å². The summed E-state index contributed by atoms with van der Waals surface area (Å²) in [7, 11) is 0. The lowest BCUT2D eigenvalue weighted by atomic mass is 9.71. The third-order valence-electron chi connectivity index (χ3n) is 4.54. The van der Waals surface area contributed by atoms with Crippen molar-refractivity contribution in [2.45, 2.75) is 59.3 Å². The van der Waals surface area contributed by atoms with Crippen LogP contribution in [0.25, 0.3) is 0 Å². The van der Waals surface area contributed by atoms with Gasteiger partial charge in [0.05, 0.1) is 0 Å². The Bertz CT molecular complexity index is 180. The van der Waals surface area contributed by atoms with Crippen LogP contribution in [0.5, 0.6) is 0 Å². The molecule has 0 aliphatic heterocycles. The zero-order chi connectivity index (χ0) is 11.3. The SMILES string of the molecule is CCC(C)C1CCC(C(C)CC=O)CC1. The summed E-state index contributed by atoms with van der Waals surface area (Å²) in [5, 5.41) is 0. The highest BCUT2D eigenvalue weighted by Crippen LogP contribution is 2.38. The smallest absolute Gasteiger partial charge is 0.120 e. The first-order valence-corrected chi connectivity index (χ1v) is 6.62. The Morgan fingerprint density at radius 2 is 1.53 bits per heavy atom. The normalized spacial score (nSPS) is 30.9. The van der Waals surface area contributed by atoms with Gasteiger partial charge in [-0.3, -0.25) is 0 Å². The zero-order valence-electron chi connectivity index (χ0n) is 10.5. The molecule has 0 aromatic carbocycles. The van der Waals surface area contributed by atoms with Crippen LogP contribution in [0.1, 0.15) is 59.3 Å². The van der Waals surface area contributed by atoms with E-state index in [2.05, 4.69) is 20.8 Å². The topological polar surface area (TPSA) is 17.1 Å². The fourth-order valence-corrected chi connectivity index (χ4v) is 2.96. The average Bonchev–Trinajstić information content (AvgIpc) is 2.28. The second kappa shape index (κ2) is 6.30. The van der Waals surface area contributed by atoms with Crippen LogP contribution < -0.4 is 0 Å². The van der Waals surface area contributed by atoms with E-state index in [1.807, 2.05) is 0 Å². The average molecular weight is 210 g/mol. The van der Waals surface area contributed by atoms with Crippen LogP contribution >= 0.6 is 0 Å². The molecule has 2 atom stereocenters. The van der Waals surface area contributed by atoms with Gasteiger partial charge in [0.25, 0.3) is 0 Å². The van der Waals surface area contributed by atoms with E-state index in [0.717, 1.165) is 30.5 Å². The molecule has 0 aromatic rings. The lowest BCUT2D eigenvalue weighted by Gasteiger charge is -2.34. The second-order valence-corrected chi connectivity index (χ2v) is 5.44. The molecule has 1 nitrogen and oxygen atoms in total. The molecule has 0 heterocycles. The predicted octanol–water partition coefficient (Wildman–Crippen LogP) is 4.06. The van der Waals surface area contributed by atoms with Crippen molar-refractivity contribution in [2.75, 3.05) is 0 Å². The highest BCUT2D eigenvalue weighted by Gasteiger charge is 2.27. The summed E-state index contributed by atoms with van der Waals surface area (Å²) in [6.45, 7) is 6.92. The van der Waals surface area contributed by atoms with Gasteiger partial charge in [0.15, 0.2) is 0 Å². The Hall–Kier alpha value is -0.330. The number of hydrogen-bond acceptors (Lipinski definition) is 1. The number of rotatable bonds is 5. The molecule has 88 valence electrons. The predicted molar refractivity (Wildman–Crippen MR) is 64.7 cm³/mol. The largest absolute Gasteiger partial charge is 0.303 e. The maximum absolute atomic E-state index is 10.5. The lowest BCUT2D eigenvalue weighted by molar-refractivity contribution is -0.109. The number of carbonyl (C=O) groups is 1. The van der Waals surface area contributed by atoms with Crippen LogP contribution in [0, 0.1) is 23.7 Å². The monoisotopic (exact) mass is 210 g/mol. The first kappa shape index (κ1) is 12.7. The van der Waals surface area contributed by atoms with Crippen molar-refractivity contribution in [1.29, 1.82) is 0 Å². The van der Waals surface area contributed by atoms with Crippen molar-refractivity contribution in [2.24, 2.45) is 23.7 Å². The molecule has 2 unspecified atom stereocenters. The van der Waals surface area contributed by atoms with E-state index in [0.29, 0.717) is 5.92 Å². The minimum atomic E-state index is 0.611. The third kappa shape index (κ3) is 3.62. The van der Waals surface area contributed by atoms with Gasteiger partial charge in [0, 0.05) is 6.42 Å². The Morgan fingerprint density at radius 3 is 1.93 bits per heavy atom. The second-order valence-electron chi connectivity index (χ2n) is 5.44. The van der Waals surface area contributed by atoms with Gasteiger partial charge in [-0.05, 0) is 49.4 Å². The molecule has 15 heavy (non-hydrogen) atoms. The molecule has 1 rings (SSSR count). The Labute approximate surface area is 94.6 Å². The van der Waals surface area contributed by atoms with Crippen molar-refractivity contribution >= 4 is 6.29 Å². The first-order valence-electron chi connectivity index (χ1n) is 6.62. The molecular weight excluding hydrogens is 184 g/mol. The summed E-state index contributed by atoms with van der Waals surface area (Å²) >= 11 is 0. The van der Waals surface area contributed by atoms with E-state index >= 15 is 0 Å². The molecule has 1 fully saturated rings. The van der Waals surface area contributed by atoms with Gasteiger partial charge in [-0.2, -0.15) is 0 Å². The number of aldehydes is 1. The van der Waals surface area contributed by atoms with E-state index in [1.165, 1.54) is 32.1 Å². The Balaban J connectivity index is 2.32. The summed E-state index contributed by atoms with van der Waals surface area (Å²) in [6, 6.07) is 0. The van der Waals surface area contributed by atoms with Gasteiger partial charge < -0.3 is 4.79 Å². The minimum Gasteiger partial charge on any atom is -0.303 e. The van der Waals surface area contributed by atoms with Crippen molar-refractivity contribution in [3.8, 4) is 0 Å². The molecule has 0 amide bonds. The van der Waals surface area contributed by atoms with Crippen LogP contribution in [-0.2, 0) is 4.79 Å². The van der Waals surface area contributed by atoms with E-state index in [4.69, 9.17) is 0 Å². The van der Waals surface area contributed by atoms with Crippen LogP contribution in [0.3, 0.4) is 0 Å². The van der Waals surface area contributed by atoms with E-state index < -0.39 is 0 Å². The van der Waals surface area contributed by atoms with Gasteiger partial charge >= 0.3 is 0 Å². The molecule has 1 saturated carbocycles. The highest BCUT2D eigenvalue weighted by atomic mass is 16.1. The molecule has 1 heteroatoms. The van der Waals surface area contributed by atoms with E-state index in [9.17, 15) is 4.79 Å². The van der Waals surface area contributed by atoms with Crippen LogP contribution in [0.2, 0.25) is 0 Å². The third-order valence-corrected chi connectivity index (χ3v) is 4.54. The zero-order valence-corrected chi connectivity index (χ0v) is 10.5. The maximum Gasteiger partial charge on any atom is 0.120 e. The van der Waals surface area contributed by atoms with E-state index in [-0.39, 0.29) is 0 Å². The molecule has 0 saturated heterocycles. The Morgan fingerprint density at radius 1 is 1.07 bits per heavy atom. The highest BCUT2D eigenvalue weighted by molar-refractivity contribution is 5.49. The van der Waals surface area contributed by atoms with Gasteiger partial charge in [-0.1, -0.05) is 27.2 Å². The van der Waals surface area contributed by atoms with E-state index in [1.54, 1.807) is 0 Å². The van der Waals surface area contributed by atoms with Gasteiger partial charge in [-0.25, -0.2) is 0 Å². The quantitative estimate of drug-likeness (QED) is 0.625. The maximum atomic E-state index is 10.5. The molecular formula is C14H26O. The summed E-state index contributed by atoms with van der Waals surface area (Å²) in [5.41, 5.74) is 0.